The molecule has 1 saturated carbocycles. The number of halogens is 1. The van der Waals surface area contributed by atoms with E-state index in [1.165, 1.54) is 48.7 Å². The van der Waals surface area contributed by atoms with Crippen LogP contribution in [0.25, 0.3) is 10.9 Å². The number of pyridine rings is 1. The number of fused-ring (bicyclic) bond motifs is 1. The summed E-state index contributed by atoms with van der Waals surface area (Å²) in [4.78, 5) is 28.5. The van der Waals surface area contributed by atoms with Gasteiger partial charge in [0.25, 0.3) is 15.9 Å². The van der Waals surface area contributed by atoms with Crippen LogP contribution in [0.4, 0.5) is 10.1 Å². The molecular weight excluding hydrogens is 433 g/mol. The van der Waals surface area contributed by atoms with Gasteiger partial charge >= 0.3 is 0 Å². The monoisotopic (exact) mass is 457 g/mol. The van der Waals surface area contributed by atoms with Crippen molar-refractivity contribution in [2.75, 3.05) is 10.8 Å². The molecule has 168 valence electrons. The Morgan fingerprint density at radius 3 is 2.50 bits per heavy atom. The highest BCUT2D eigenvalue weighted by atomic mass is 32.2. The Balaban J connectivity index is 1.73. The maximum absolute atomic E-state index is 13.3. The first kappa shape index (κ1) is 22.0. The van der Waals surface area contributed by atoms with Gasteiger partial charge in [0.15, 0.2) is 0 Å². The van der Waals surface area contributed by atoms with Gasteiger partial charge < -0.3 is 10.3 Å². The summed E-state index contributed by atoms with van der Waals surface area (Å²) in [6.07, 6.45) is 5.22. The molecule has 0 bridgehead atoms. The van der Waals surface area contributed by atoms with Crippen LogP contribution in [0, 0.1) is 5.82 Å². The zero-order valence-electron chi connectivity index (χ0n) is 17.6. The Morgan fingerprint density at radius 2 is 1.84 bits per heavy atom. The molecule has 32 heavy (non-hydrogen) atoms. The molecule has 4 rings (SSSR count). The number of nitrogens with zero attached hydrogens (tertiary/aromatic N) is 1. The number of benzene rings is 2. The predicted octanol–water partition coefficient (Wildman–Crippen LogP) is 3.55. The fourth-order valence-electron chi connectivity index (χ4n) is 4.09. The molecule has 0 radical (unpaired) electrons. The number of hydrogen-bond acceptors (Lipinski definition) is 4. The number of aromatic nitrogens is 1. The molecule has 1 amide bonds. The van der Waals surface area contributed by atoms with Crippen molar-refractivity contribution in [3.63, 3.8) is 0 Å². The summed E-state index contributed by atoms with van der Waals surface area (Å²) in [7, 11) is -4.02. The fraction of sp³-hybridized carbons (Fsp3) is 0.304. The summed E-state index contributed by atoms with van der Waals surface area (Å²) < 4.78 is 41.0. The molecule has 1 aliphatic rings. The summed E-state index contributed by atoms with van der Waals surface area (Å²) >= 11 is 0. The van der Waals surface area contributed by atoms with Gasteiger partial charge in [-0.1, -0.05) is 12.8 Å². The van der Waals surface area contributed by atoms with Crippen LogP contribution in [0.15, 0.2) is 58.4 Å². The van der Waals surface area contributed by atoms with Gasteiger partial charge in [-0.3, -0.25) is 13.9 Å². The highest BCUT2D eigenvalue weighted by Crippen LogP contribution is 2.25. The SMILES string of the molecule is CCN(c1ccc(F)cc1)S(=O)(=O)c1ccc2[nH]cc(C(=O)NC3CCCC3)c(=O)c2c1. The van der Waals surface area contributed by atoms with Gasteiger partial charge in [0, 0.05) is 29.7 Å². The lowest BCUT2D eigenvalue weighted by Gasteiger charge is -2.23. The van der Waals surface area contributed by atoms with Crippen molar-refractivity contribution in [1.29, 1.82) is 0 Å². The van der Waals surface area contributed by atoms with Crippen molar-refractivity contribution in [2.45, 2.75) is 43.5 Å². The van der Waals surface area contributed by atoms with Gasteiger partial charge in [0.1, 0.15) is 11.4 Å². The molecule has 2 aromatic carbocycles. The van der Waals surface area contributed by atoms with Gasteiger partial charge in [0.2, 0.25) is 5.43 Å². The number of rotatable bonds is 6. The van der Waals surface area contributed by atoms with Crippen LogP contribution in [0.3, 0.4) is 0 Å². The third kappa shape index (κ3) is 4.12. The van der Waals surface area contributed by atoms with E-state index in [9.17, 15) is 22.4 Å². The average molecular weight is 458 g/mol. The summed E-state index contributed by atoms with van der Waals surface area (Å²) in [5.74, 6) is -0.933. The van der Waals surface area contributed by atoms with E-state index in [-0.39, 0.29) is 28.4 Å². The first-order chi connectivity index (χ1) is 15.3. The van der Waals surface area contributed by atoms with Crippen LogP contribution >= 0.6 is 0 Å². The van der Waals surface area contributed by atoms with Crippen LogP contribution in [-0.4, -0.2) is 31.9 Å². The molecular formula is C23H24FN3O4S. The van der Waals surface area contributed by atoms with Gasteiger partial charge in [-0.15, -0.1) is 0 Å². The van der Waals surface area contributed by atoms with Crippen LogP contribution in [-0.2, 0) is 10.0 Å². The maximum atomic E-state index is 13.3. The minimum atomic E-state index is -4.02. The topological polar surface area (TPSA) is 99.3 Å². The van der Waals surface area contributed by atoms with E-state index in [1.807, 2.05) is 0 Å². The lowest BCUT2D eigenvalue weighted by Crippen LogP contribution is -2.35. The number of anilines is 1. The molecule has 0 spiro atoms. The third-order valence-electron chi connectivity index (χ3n) is 5.78. The van der Waals surface area contributed by atoms with Crippen molar-refractivity contribution in [2.24, 2.45) is 0 Å². The molecule has 1 aliphatic carbocycles. The average Bonchev–Trinajstić information content (AvgIpc) is 3.28. The second kappa shape index (κ2) is 8.74. The molecule has 0 atom stereocenters. The summed E-state index contributed by atoms with van der Waals surface area (Å²) in [5, 5.41) is 2.99. The molecule has 0 saturated heterocycles. The minimum absolute atomic E-state index is 0.0511. The first-order valence-corrected chi connectivity index (χ1v) is 12.0. The lowest BCUT2D eigenvalue weighted by molar-refractivity contribution is 0.0936. The second-order valence-corrected chi connectivity index (χ2v) is 9.70. The highest BCUT2D eigenvalue weighted by molar-refractivity contribution is 7.92. The molecule has 0 unspecified atom stereocenters. The normalized spacial score (nSPS) is 14.6. The number of sulfonamides is 1. The van der Waals surface area contributed by atoms with Gasteiger partial charge in [-0.2, -0.15) is 0 Å². The molecule has 1 heterocycles. The van der Waals surface area contributed by atoms with Gasteiger partial charge in [-0.25, -0.2) is 12.8 Å². The molecule has 3 aromatic rings. The van der Waals surface area contributed by atoms with Crippen molar-refractivity contribution >= 4 is 32.5 Å². The van der Waals surface area contributed by atoms with Crippen molar-refractivity contribution in [1.82, 2.24) is 10.3 Å². The quantitative estimate of drug-likeness (QED) is 0.591. The second-order valence-electron chi connectivity index (χ2n) is 7.84. The van der Waals surface area contributed by atoms with Gasteiger partial charge in [-0.05, 0) is 62.2 Å². The van der Waals surface area contributed by atoms with E-state index in [4.69, 9.17) is 0 Å². The first-order valence-electron chi connectivity index (χ1n) is 10.6. The smallest absolute Gasteiger partial charge is 0.264 e. The molecule has 1 fully saturated rings. The standard InChI is InChI=1S/C23H24FN3O4S/c1-2-27(17-9-7-15(24)8-10-17)32(30,31)18-11-12-21-19(13-18)22(28)20(14-25-21)23(29)26-16-5-3-4-6-16/h7-14,16H,2-6H2,1H3,(H,25,28)(H,26,29). The summed E-state index contributed by atoms with van der Waals surface area (Å²) in [6, 6.07) is 9.38. The van der Waals surface area contributed by atoms with Crippen molar-refractivity contribution in [3.8, 4) is 0 Å². The number of aromatic amines is 1. The Kier molecular flexibility index (Phi) is 6.01. The van der Waals surface area contributed by atoms with Crippen LogP contribution in [0.5, 0.6) is 0 Å². The van der Waals surface area contributed by atoms with Crippen molar-refractivity contribution < 1.29 is 17.6 Å². The molecule has 2 N–H and O–H groups in total. The predicted molar refractivity (Wildman–Crippen MR) is 121 cm³/mol. The van der Waals surface area contributed by atoms with Crippen LogP contribution < -0.4 is 15.1 Å². The summed E-state index contributed by atoms with van der Waals surface area (Å²) in [5.41, 5.74) is 0.157. The Bertz CT molecular complexity index is 1310. The number of amides is 1. The Hall–Kier alpha value is -3.20. The van der Waals surface area contributed by atoms with E-state index < -0.39 is 27.2 Å². The van der Waals surface area contributed by atoms with Crippen molar-refractivity contribution in [3.05, 3.63) is 70.3 Å². The number of H-pyrrole nitrogens is 1. The zero-order chi connectivity index (χ0) is 22.9. The molecule has 7 nitrogen and oxygen atoms in total. The molecule has 9 heteroatoms. The van der Waals surface area contributed by atoms with Gasteiger partial charge in [0.05, 0.1) is 10.6 Å². The lowest BCUT2D eigenvalue weighted by atomic mass is 10.1. The number of hydrogen-bond donors (Lipinski definition) is 2. The summed E-state index contributed by atoms with van der Waals surface area (Å²) in [6.45, 7) is 1.78. The third-order valence-corrected chi connectivity index (χ3v) is 7.68. The largest absolute Gasteiger partial charge is 0.360 e. The Labute approximate surface area is 185 Å². The van der Waals surface area contributed by atoms with E-state index in [1.54, 1.807) is 6.92 Å². The number of carbonyl (C=O) groups excluding carboxylic acids is 1. The maximum Gasteiger partial charge on any atom is 0.264 e. The van der Waals surface area contributed by atoms with E-state index in [0.717, 1.165) is 30.0 Å². The highest BCUT2D eigenvalue weighted by Gasteiger charge is 2.25. The Morgan fingerprint density at radius 1 is 1.16 bits per heavy atom. The molecule has 0 aliphatic heterocycles. The van der Waals surface area contributed by atoms with E-state index >= 15 is 0 Å². The minimum Gasteiger partial charge on any atom is -0.360 e. The van der Waals surface area contributed by atoms with E-state index in [0.29, 0.717) is 11.2 Å². The molecule has 1 aromatic heterocycles. The number of carbonyl (C=O) groups is 1. The van der Waals surface area contributed by atoms with Crippen LogP contribution in [0.1, 0.15) is 43.0 Å². The fourth-order valence-corrected chi connectivity index (χ4v) is 5.59. The zero-order valence-corrected chi connectivity index (χ0v) is 18.4. The van der Waals surface area contributed by atoms with Crippen LogP contribution in [0.2, 0.25) is 0 Å². The van der Waals surface area contributed by atoms with E-state index in [2.05, 4.69) is 10.3 Å². The number of nitrogens with one attached hydrogen (secondary N) is 2.